The maximum Gasteiger partial charge on any atom is 0.351 e. The first kappa shape index (κ1) is 33.6. The Bertz CT molecular complexity index is 1850. The summed E-state index contributed by atoms with van der Waals surface area (Å²) in [6.07, 6.45) is -2.57. The van der Waals surface area contributed by atoms with Crippen LogP contribution in [-0.2, 0) is 19.8 Å². The molecule has 4 atom stereocenters. The second-order valence-electron chi connectivity index (χ2n) is 11.4. The highest BCUT2D eigenvalue weighted by molar-refractivity contribution is 6.03. The van der Waals surface area contributed by atoms with Crippen molar-refractivity contribution < 1.29 is 33.6 Å². The standard InChI is InChI=1S/C38H37N3O8/c1-45-29-18-14-27(15-19-29)38(26-12-8-5-9-13-26,28-16-20-30(46-2)21-17-28)48-24-31-33(42)34(47-3)36(49-31)41-23-22-32(40-37(41)44)39-35(43)25-10-6-4-7-11-25/h4-23,31,33-34,36,42H,24H2,1-3H3,(H,39,40,43,44)/t31-,33?,34+,36-/m1/s1. The minimum Gasteiger partial charge on any atom is -0.497 e. The summed E-state index contributed by atoms with van der Waals surface area (Å²) in [4.78, 5) is 29.9. The van der Waals surface area contributed by atoms with Crippen molar-refractivity contribution >= 4 is 11.7 Å². The van der Waals surface area contributed by atoms with Crippen LogP contribution in [0.15, 0.2) is 126 Å². The highest BCUT2D eigenvalue weighted by Gasteiger charge is 2.47. The van der Waals surface area contributed by atoms with Gasteiger partial charge in [0, 0.05) is 18.9 Å². The molecular weight excluding hydrogens is 626 g/mol. The van der Waals surface area contributed by atoms with Gasteiger partial charge in [0.2, 0.25) is 0 Å². The molecule has 252 valence electrons. The van der Waals surface area contributed by atoms with Crippen molar-refractivity contribution in [3.05, 3.63) is 154 Å². The molecule has 0 radical (unpaired) electrons. The predicted molar refractivity (Wildman–Crippen MR) is 182 cm³/mol. The van der Waals surface area contributed by atoms with E-state index in [1.54, 1.807) is 44.6 Å². The van der Waals surface area contributed by atoms with Crippen molar-refractivity contribution in [1.82, 2.24) is 9.55 Å². The third-order valence-electron chi connectivity index (χ3n) is 8.60. The Morgan fingerprint density at radius 1 is 0.816 bits per heavy atom. The molecule has 1 saturated heterocycles. The molecule has 1 aliphatic rings. The molecule has 49 heavy (non-hydrogen) atoms. The highest BCUT2D eigenvalue weighted by atomic mass is 16.6. The van der Waals surface area contributed by atoms with Gasteiger partial charge in [0.15, 0.2) is 6.23 Å². The van der Waals surface area contributed by atoms with E-state index < -0.39 is 41.7 Å². The smallest absolute Gasteiger partial charge is 0.351 e. The fourth-order valence-electron chi connectivity index (χ4n) is 6.07. The number of carbonyl (C=O) groups is 1. The summed E-state index contributed by atoms with van der Waals surface area (Å²) in [7, 11) is 4.65. The summed E-state index contributed by atoms with van der Waals surface area (Å²) in [5.74, 6) is 1.05. The van der Waals surface area contributed by atoms with Crippen molar-refractivity contribution in [3.8, 4) is 11.5 Å². The fourth-order valence-corrected chi connectivity index (χ4v) is 6.07. The molecule has 1 amide bonds. The van der Waals surface area contributed by atoms with Crippen molar-refractivity contribution in [2.45, 2.75) is 30.1 Å². The first-order chi connectivity index (χ1) is 23.9. The molecule has 11 heteroatoms. The van der Waals surface area contributed by atoms with Crippen LogP contribution >= 0.6 is 0 Å². The van der Waals surface area contributed by atoms with Crippen LogP contribution in [0, 0.1) is 0 Å². The molecule has 0 bridgehead atoms. The lowest BCUT2D eigenvalue weighted by Gasteiger charge is -2.37. The molecule has 0 saturated carbocycles. The molecule has 2 heterocycles. The number of aromatic nitrogens is 2. The summed E-state index contributed by atoms with van der Waals surface area (Å²) >= 11 is 0. The molecule has 1 unspecified atom stereocenters. The number of nitrogens with zero attached hydrogens (tertiary/aromatic N) is 2. The lowest BCUT2D eigenvalue weighted by Crippen LogP contribution is -2.40. The average Bonchev–Trinajstić information content (AvgIpc) is 3.47. The lowest BCUT2D eigenvalue weighted by atomic mass is 9.80. The van der Waals surface area contributed by atoms with Gasteiger partial charge in [-0.15, -0.1) is 0 Å². The van der Waals surface area contributed by atoms with E-state index in [0.717, 1.165) is 16.7 Å². The zero-order chi connectivity index (χ0) is 34.4. The SMILES string of the molecule is COc1ccc(C(OC[C@H]2O[C@@H](n3ccc(NC(=O)c4ccccc4)nc3=O)[C@@H](OC)C2O)(c2ccccc2)c2ccc(OC)cc2)cc1. The van der Waals surface area contributed by atoms with Gasteiger partial charge in [0.25, 0.3) is 5.91 Å². The van der Waals surface area contributed by atoms with Gasteiger partial charge in [0.05, 0.1) is 20.8 Å². The molecule has 0 aliphatic carbocycles. The Kier molecular flexibility index (Phi) is 10.2. The van der Waals surface area contributed by atoms with E-state index in [1.807, 2.05) is 78.9 Å². The normalized spacial score (nSPS) is 18.9. The molecule has 1 aliphatic heterocycles. The van der Waals surface area contributed by atoms with Crippen molar-refractivity contribution in [2.24, 2.45) is 0 Å². The van der Waals surface area contributed by atoms with Gasteiger partial charge < -0.3 is 34.1 Å². The first-order valence-corrected chi connectivity index (χ1v) is 15.7. The fraction of sp³-hybridized carbons (Fsp3) is 0.237. The average molecular weight is 664 g/mol. The summed E-state index contributed by atoms with van der Waals surface area (Å²) < 4.78 is 31.0. The van der Waals surface area contributed by atoms with Crippen molar-refractivity contribution in [2.75, 3.05) is 33.3 Å². The number of amides is 1. The van der Waals surface area contributed by atoms with Crippen molar-refractivity contribution in [1.29, 1.82) is 0 Å². The summed E-state index contributed by atoms with van der Waals surface area (Å²) in [5.41, 5.74) is 1.04. The van der Waals surface area contributed by atoms with Crippen LogP contribution in [0.4, 0.5) is 5.82 Å². The third kappa shape index (κ3) is 6.83. The number of carbonyl (C=O) groups excluding carboxylic acids is 1. The number of benzene rings is 4. The molecule has 0 spiro atoms. The van der Waals surface area contributed by atoms with Gasteiger partial charge in [-0.25, -0.2) is 4.79 Å². The largest absolute Gasteiger partial charge is 0.497 e. The third-order valence-corrected chi connectivity index (χ3v) is 8.60. The molecule has 11 nitrogen and oxygen atoms in total. The topological polar surface area (TPSA) is 130 Å². The number of ether oxygens (including phenoxy) is 5. The zero-order valence-electron chi connectivity index (χ0n) is 27.3. The second kappa shape index (κ2) is 14.8. The molecule has 4 aromatic carbocycles. The van der Waals surface area contributed by atoms with Gasteiger partial charge in [0.1, 0.15) is 41.2 Å². The Morgan fingerprint density at radius 2 is 1.37 bits per heavy atom. The Balaban J connectivity index is 1.31. The summed E-state index contributed by atoms with van der Waals surface area (Å²) in [5, 5.41) is 14.1. The Labute approximate surface area is 283 Å². The van der Waals surface area contributed by atoms with Gasteiger partial charge in [-0.2, -0.15) is 4.98 Å². The second-order valence-corrected chi connectivity index (χ2v) is 11.4. The van der Waals surface area contributed by atoms with Crippen LogP contribution in [0.3, 0.4) is 0 Å². The minimum absolute atomic E-state index is 0.0779. The van der Waals surface area contributed by atoms with E-state index in [1.165, 1.54) is 23.9 Å². The van der Waals surface area contributed by atoms with Crippen LogP contribution in [0.25, 0.3) is 0 Å². The maximum atomic E-state index is 13.2. The number of hydrogen-bond donors (Lipinski definition) is 2. The molecule has 1 fully saturated rings. The van der Waals surface area contributed by atoms with E-state index in [-0.39, 0.29) is 12.4 Å². The van der Waals surface area contributed by atoms with Crippen LogP contribution in [-0.4, -0.2) is 66.8 Å². The van der Waals surface area contributed by atoms with E-state index in [4.69, 9.17) is 23.7 Å². The molecule has 6 rings (SSSR count). The van der Waals surface area contributed by atoms with E-state index in [0.29, 0.717) is 17.1 Å². The van der Waals surface area contributed by atoms with Gasteiger partial charge in [-0.1, -0.05) is 72.8 Å². The maximum absolute atomic E-state index is 13.2. The molecule has 5 aromatic rings. The number of aliphatic hydroxyl groups excluding tert-OH is 1. The van der Waals surface area contributed by atoms with Crippen LogP contribution in [0.5, 0.6) is 11.5 Å². The van der Waals surface area contributed by atoms with E-state index in [9.17, 15) is 14.7 Å². The number of nitrogens with one attached hydrogen (secondary N) is 1. The van der Waals surface area contributed by atoms with Crippen molar-refractivity contribution in [3.63, 3.8) is 0 Å². The number of hydrogen-bond acceptors (Lipinski definition) is 9. The highest BCUT2D eigenvalue weighted by Crippen LogP contribution is 2.43. The zero-order valence-corrected chi connectivity index (χ0v) is 27.3. The number of rotatable bonds is 12. The van der Waals surface area contributed by atoms with Crippen LogP contribution in [0.2, 0.25) is 0 Å². The molecule has 1 aromatic heterocycles. The predicted octanol–water partition coefficient (Wildman–Crippen LogP) is 4.79. The number of methoxy groups -OCH3 is 3. The van der Waals surface area contributed by atoms with Gasteiger partial charge in [-0.3, -0.25) is 9.36 Å². The van der Waals surface area contributed by atoms with Gasteiger partial charge in [-0.05, 0) is 59.2 Å². The number of aliphatic hydroxyl groups is 1. The lowest BCUT2D eigenvalue weighted by molar-refractivity contribution is -0.0966. The minimum atomic E-state index is -1.17. The van der Waals surface area contributed by atoms with Crippen LogP contribution in [0.1, 0.15) is 33.3 Å². The Hall–Kier alpha value is -5.33. The first-order valence-electron chi connectivity index (χ1n) is 15.7. The van der Waals surface area contributed by atoms with Gasteiger partial charge >= 0.3 is 5.69 Å². The quantitative estimate of drug-likeness (QED) is 0.181. The van der Waals surface area contributed by atoms with E-state index in [2.05, 4.69) is 10.3 Å². The summed E-state index contributed by atoms with van der Waals surface area (Å²) in [6, 6.07) is 35.0. The summed E-state index contributed by atoms with van der Waals surface area (Å²) in [6.45, 7) is -0.0854. The number of anilines is 1. The van der Waals surface area contributed by atoms with Crippen LogP contribution < -0.4 is 20.5 Å². The monoisotopic (exact) mass is 663 g/mol. The molecule has 2 N–H and O–H groups in total. The Morgan fingerprint density at radius 3 is 1.90 bits per heavy atom. The van der Waals surface area contributed by atoms with E-state index >= 15 is 0 Å². The molecular formula is C38H37N3O8.